The topological polar surface area (TPSA) is 99.3 Å². The first-order chi connectivity index (χ1) is 12.7. The zero-order valence-corrected chi connectivity index (χ0v) is 17.0. The summed E-state index contributed by atoms with van der Waals surface area (Å²) in [5.74, 6) is 5.70. The second-order valence-corrected chi connectivity index (χ2v) is 8.56. The van der Waals surface area contributed by atoms with Crippen molar-refractivity contribution >= 4 is 29.0 Å². The molecule has 4 N–H and O–H groups in total. The van der Waals surface area contributed by atoms with Crippen LogP contribution in [-0.2, 0) is 6.54 Å². The summed E-state index contributed by atoms with van der Waals surface area (Å²) >= 11 is 0. The third-order valence-corrected chi connectivity index (χ3v) is 5.97. The first-order valence-corrected chi connectivity index (χ1v) is 9.45. The van der Waals surface area contributed by atoms with E-state index in [1.807, 2.05) is 18.7 Å². The maximum absolute atomic E-state index is 15.5. The highest BCUT2D eigenvalue weighted by atomic mass is 35.5. The van der Waals surface area contributed by atoms with Crippen molar-refractivity contribution in [1.29, 1.82) is 0 Å². The monoisotopic (exact) mass is 411 g/mol. The molecule has 1 aliphatic carbocycles. The van der Waals surface area contributed by atoms with Gasteiger partial charge in [-0.3, -0.25) is 9.36 Å². The minimum Gasteiger partial charge on any atom is -0.369 e. The number of halogens is 2. The van der Waals surface area contributed by atoms with Crippen LogP contribution in [0.3, 0.4) is 0 Å². The summed E-state index contributed by atoms with van der Waals surface area (Å²) in [6.07, 6.45) is 2.87. The highest BCUT2D eigenvalue weighted by molar-refractivity contribution is 5.85. The van der Waals surface area contributed by atoms with Crippen molar-refractivity contribution in [3.63, 3.8) is 0 Å². The van der Waals surface area contributed by atoms with Crippen LogP contribution in [0.5, 0.6) is 0 Å². The van der Waals surface area contributed by atoms with E-state index in [2.05, 4.69) is 0 Å². The number of benzene rings is 1. The molecule has 2 fully saturated rings. The van der Waals surface area contributed by atoms with E-state index in [1.54, 1.807) is 12.1 Å². The van der Waals surface area contributed by atoms with Gasteiger partial charge in [0, 0.05) is 25.2 Å². The second-order valence-electron chi connectivity index (χ2n) is 8.56. The lowest BCUT2D eigenvalue weighted by atomic mass is 9.88. The number of nitrogens with two attached hydrogens (primary N) is 2. The third-order valence-electron chi connectivity index (χ3n) is 5.97. The number of aromatic nitrogens is 2. The van der Waals surface area contributed by atoms with E-state index in [-0.39, 0.29) is 34.8 Å². The smallest absolute Gasteiger partial charge is 0.350 e. The van der Waals surface area contributed by atoms with Crippen molar-refractivity contribution in [2.45, 2.75) is 45.2 Å². The average molecular weight is 412 g/mol. The SMILES string of the molecule is CC(C)(N)C1CCN(c2ccc3c(=O)n(N)c(=O)n(CC4CC4)c3c2F)C1.Cl. The number of nitrogens with zero attached hydrogens (tertiary/aromatic N) is 3. The number of hydrogen-bond acceptors (Lipinski definition) is 5. The molecule has 1 saturated heterocycles. The number of nitrogen functional groups attached to an aromatic ring is 1. The summed E-state index contributed by atoms with van der Waals surface area (Å²) in [5.41, 5.74) is 5.02. The van der Waals surface area contributed by atoms with Gasteiger partial charge >= 0.3 is 5.69 Å². The summed E-state index contributed by atoms with van der Waals surface area (Å²) < 4.78 is 17.4. The van der Waals surface area contributed by atoms with Crippen LogP contribution in [0.2, 0.25) is 0 Å². The molecular weight excluding hydrogens is 385 g/mol. The molecule has 1 unspecified atom stereocenters. The van der Waals surface area contributed by atoms with Gasteiger partial charge in [-0.05, 0) is 57.1 Å². The maximum atomic E-state index is 15.5. The number of anilines is 1. The number of fused-ring (bicyclic) bond motifs is 1. The van der Waals surface area contributed by atoms with Crippen LogP contribution in [0.15, 0.2) is 21.7 Å². The zero-order chi connectivity index (χ0) is 19.5. The van der Waals surface area contributed by atoms with Crippen molar-refractivity contribution in [1.82, 2.24) is 9.24 Å². The van der Waals surface area contributed by atoms with Crippen LogP contribution in [0.25, 0.3) is 10.9 Å². The molecule has 2 heterocycles. The van der Waals surface area contributed by atoms with Crippen LogP contribution in [0.4, 0.5) is 10.1 Å². The molecule has 1 saturated carbocycles. The van der Waals surface area contributed by atoms with Gasteiger partial charge in [-0.25, -0.2) is 9.18 Å². The third kappa shape index (κ3) is 3.39. The van der Waals surface area contributed by atoms with Crippen LogP contribution in [0.1, 0.15) is 33.1 Å². The lowest BCUT2D eigenvalue weighted by molar-refractivity contribution is 0.348. The van der Waals surface area contributed by atoms with Gasteiger partial charge in [0.25, 0.3) is 5.56 Å². The van der Waals surface area contributed by atoms with Gasteiger partial charge in [-0.15, -0.1) is 12.4 Å². The molecule has 154 valence electrons. The van der Waals surface area contributed by atoms with E-state index >= 15 is 4.39 Å². The highest BCUT2D eigenvalue weighted by Crippen LogP contribution is 2.34. The zero-order valence-electron chi connectivity index (χ0n) is 16.2. The van der Waals surface area contributed by atoms with Crippen molar-refractivity contribution in [2.75, 3.05) is 23.8 Å². The Labute approximate surface area is 168 Å². The summed E-state index contributed by atoms with van der Waals surface area (Å²) in [4.78, 5) is 26.9. The molecule has 0 radical (unpaired) electrons. The fraction of sp³-hybridized carbons (Fsp3) is 0.579. The Bertz CT molecular complexity index is 1020. The Kier molecular flexibility index (Phi) is 5.22. The first kappa shape index (κ1) is 20.7. The van der Waals surface area contributed by atoms with Crippen LogP contribution in [-0.4, -0.2) is 27.9 Å². The Balaban J connectivity index is 0.00000225. The fourth-order valence-corrected chi connectivity index (χ4v) is 3.99. The van der Waals surface area contributed by atoms with Gasteiger partial charge in [0.15, 0.2) is 5.82 Å². The van der Waals surface area contributed by atoms with Crippen molar-refractivity contribution in [3.8, 4) is 0 Å². The molecule has 0 amide bonds. The van der Waals surface area contributed by atoms with Gasteiger partial charge in [0.1, 0.15) is 0 Å². The summed E-state index contributed by atoms with van der Waals surface area (Å²) in [7, 11) is 0. The van der Waals surface area contributed by atoms with E-state index < -0.39 is 17.1 Å². The molecule has 1 atom stereocenters. The van der Waals surface area contributed by atoms with Crippen LogP contribution < -0.4 is 27.7 Å². The van der Waals surface area contributed by atoms with E-state index in [1.165, 1.54) is 4.57 Å². The Morgan fingerprint density at radius 1 is 1.21 bits per heavy atom. The molecule has 2 aliphatic rings. The molecule has 1 aliphatic heterocycles. The molecular formula is C19H27ClFN5O2. The number of rotatable bonds is 4. The molecule has 1 aromatic carbocycles. The van der Waals surface area contributed by atoms with E-state index in [9.17, 15) is 9.59 Å². The second kappa shape index (κ2) is 7.08. The van der Waals surface area contributed by atoms with E-state index in [0.29, 0.717) is 35.9 Å². The largest absolute Gasteiger partial charge is 0.369 e. The Morgan fingerprint density at radius 3 is 2.46 bits per heavy atom. The van der Waals surface area contributed by atoms with Gasteiger partial charge < -0.3 is 16.5 Å². The Morgan fingerprint density at radius 2 is 1.89 bits per heavy atom. The lowest BCUT2D eigenvalue weighted by Crippen LogP contribution is -2.45. The summed E-state index contributed by atoms with van der Waals surface area (Å²) in [5, 5.41) is 0.133. The van der Waals surface area contributed by atoms with Gasteiger partial charge in [0.05, 0.1) is 16.6 Å². The van der Waals surface area contributed by atoms with Crippen molar-refractivity contribution in [3.05, 3.63) is 38.8 Å². The molecule has 0 spiro atoms. The molecule has 4 rings (SSSR count). The summed E-state index contributed by atoms with van der Waals surface area (Å²) in [6, 6.07) is 3.18. The number of hydrogen-bond donors (Lipinski definition) is 2. The van der Waals surface area contributed by atoms with Gasteiger partial charge in [0.2, 0.25) is 0 Å². The summed E-state index contributed by atoms with van der Waals surface area (Å²) in [6.45, 7) is 5.68. The molecule has 2 aromatic rings. The molecule has 0 bridgehead atoms. The normalized spacial score (nSPS) is 19.9. The minimum absolute atomic E-state index is 0. The quantitative estimate of drug-likeness (QED) is 0.741. The van der Waals surface area contributed by atoms with Crippen molar-refractivity contribution in [2.24, 2.45) is 17.6 Å². The van der Waals surface area contributed by atoms with Crippen molar-refractivity contribution < 1.29 is 4.39 Å². The molecule has 7 nitrogen and oxygen atoms in total. The molecule has 28 heavy (non-hydrogen) atoms. The van der Waals surface area contributed by atoms with Crippen LogP contribution >= 0.6 is 12.4 Å². The Hall–Kier alpha value is -2.06. The van der Waals surface area contributed by atoms with E-state index in [0.717, 1.165) is 19.3 Å². The minimum atomic E-state index is -0.671. The molecule has 1 aromatic heterocycles. The first-order valence-electron chi connectivity index (χ1n) is 9.45. The standard InChI is InChI=1S/C19H26FN5O2.ClH/c1-19(2,21)12-7-8-23(10-12)14-6-5-13-16(15(14)20)24(9-11-3-4-11)18(27)25(22)17(13)26;/h5-6,11-12H,3-4,7-10,21-22H2,1-2H3;1H. The van der Waals surface area contributed by atoms with Gasteiger partial charge in [-0.2, -0.15) is 4.68 Å². The predicted molar refractivity (Wildman–Crippen MR) is 111 cm³/mol. The highest BCUT2D eigenvalue weighted by Gasteiger charge is 2.34. The van der Waals surface area contributed by atoms with E-state index in [4.69, 9.17) is 11.6 Å². The average Bonchev–Trinajstić information content (AvgIpc) is 3.28. The predicted octanol–water partition coefficient (Wildman–Crippen LogP) is 1.41. The fourth-order valence-electron chi connectivity index (χ4n) is 3.99. The van der Waals surface area contributed by atoms with Crippen LogP contribution in [0, 0.1) is 17.7 Å². The van der Waals surface area contributed by atoms with Gasteiger partial charge in [-0.1, -0.05) is 0 Å². The molecule has 9 heteroatoms. The maximum Gasteiger partial charge on any atom is 0.350 e. The lowest BCUT2D eigenvalue weighted by Gasteiger charge is -2.27.